The van der Waals surface area contributed by atoms with E-state index in [1.807, 2.05) is 0 Å². The van der Waals surface area contributed by atoms with E-state index in [0.717, 1.165) is 18.6 Å². The van der Waals surface area contributed by atoms with Gasteiger partial charge in [0.15, 0.2) is 4.90 Å². The van der Waals surface area contributed by atoms with Crippen molar-refractivity contribution in [2.75, 3.05) is 18.9 Å². The molecule has 1 unspecified atom stereocenters. The maximum atomic E-state index is 12.3. The molecule has 1 aromatic rings. The second kappa shape index (κ2) is 5.73. The highest BCUT2D eigenvalue weighted by Gasteiger charge is 2.29. The molecule has 0 bridgehead atoms. The van der Waals surface area contributed by atoms with Gasteiger partial charge in [-0.1, -0.05) is 0 Å². The van der Waals surface area contributed by atoms with Crippen LogP contribution in [0, 0.1) is 10.1 Å². The quantitative estimate of drug-likeness (QED) is 0.477. The Hall–Kier alpha value is -1.71. The average Bonchev–Trinajstić information content (AvgIpc) is 2.39. The van der Waals surface area contributed by atoms with Gasteiger partial charge in [-0.3, -0.25) is 10.1 Å². The topological polar surface area (TPSA) is 125 Å². The summed E-state index contributed by atoms with van der Waals surface area (Å²) in [6.07, 6.45) is 1.38. The molecule has 2 rings (SSSR count). The van der Waals surface area contributed by atoms with Gasteiger partial charge in [0.05, 0.1) is 11.5 Å². The molecular formula is C11H15N3O5S. The van der Waals surface area contributed by atoms with Crippen LogP contribution in [0.3, 0.4) is 0 Å². The molecule has 1 saturated heterocycles. The highest BCUT2D eigenvalue weighted by Crippen LogP contribution is 2.26. The predicted octanol–water partition coefficient (Wildman–Crippen LogP) is 0.634. The van der Waals surface area contributed by atoms with Crippen molar-refractivity contribution in [2.45, 2.75) is 23.8 Å². The van der Waals surface area contributed by atoms with Crippen molar-refractivity contribution in [2.24, 2.45) is 0 Å². The lowest BCUT2D eigenvalue weighted by molar-refractivity contribution is -0.387. The van der Waals surface area contributed by atoms with Gasteiger partial charge >= 0.3 is 0 Å². The van der Waals surface area contributed by atoms with Gasteiger partial charge < -0.3 is 10.5 Å². The summed E-state index contributed by atoms with van der Waals surface area (Å²) in [7, 11) is -4.01. The van der Waals surface area contributed by atoms with Gasteiger partial charge in [0.2, 0.25) is 10.0 Å². The molecular weight excluding hydrogens is 286 g/mol. The van der Waals surface area contributed by atoms with Crippen molar-refractivity contribution in [3.8, 4) is 0 Å². The van der Waals surface area contributed by atoms with E-state index in [9.17, 15) is 18.5 Å². The van der Waals surface area contributed by atoms with Crippen molar-refractivity contribution < 1.29 is 18.1 Å². The molecule has 1 aliphatic rings. The molecule has 9 heteroatoms. The standard InChI is InChI=1S/C11H15N3O5S/c12-8-3-4-10(14(15)16)11(6-8)20(17,18)13-9-2-1-5-19-7-9/h3-4,6,9,13H,1-2,5,7,12H2. The number of nitro benzene ring substituents is 1. The van der Waals surface area contributed by atoms with Gasteiger partial charge in [-0.25, -0.2) is 13.1 Å². The van der Waals surface area contributed by atoms with Gasteiger partial charge in [0.1, 0.15) is 0 Å². The molecule has 0 aliphatic carbocycles. The highest BCUT2D eigenvalue weighted by molar-refractivity contribution is 7.89. The Morgan fingerprint density at radius 3 is 2.80 bits per heavy atom. The van der Waals surface area contributed by atoms with Crippen LogP contribution in [-0.4, -0.2) is 32.6 Å². The zero-order valence-electron chi connectivity index (χ0n) is 10.6. The molecule has 1 fully saturated rings. The van der Waals surface area contributed by atoms with E-state index < -0.39 is 25.5 Å². The SMILES string of the molecule is Nc1ccc([N+](=O)[O-])c(S(=O)(=O)NC2CCCOC2)c1. The molecule has 0 aromatic heterocycles. The molecule has 1 atom stereocenters. The number of hydrogen-bond donors (Lipinski definition) is 2. The van der Waals surface area contributed by atoms with Crippen molar-refractivity contribution >= 4 is 21.4 Å². The van der Waals surface area contributed by atoms with E-state index in [4.69, 9.17) is 10.5 Å². The van der Waals surface area contributed by atoms with Crippen LogP contribution in [0.1, 0.15) is 12.8 Å². The minimum atomic E-state index is -4.01. The summed E-state index contributed by atoms with van der Waals surface area (Å²) in [5.41, 5.74) is 5.17. The molecule has 1 heterocycles. The van der Waals surface area contributed by atoms with Crippen LogP contribution in [0.5, 0.6) is 0 Å². The summed E-state index contributed by atoms with van der Waals surface area (Å²) in [6.45, 7) is 0.853. The summed E-state index contributed by atoms with van der Waals surface area (Å²) in [6, 6.07) is 3.08. The van der Waals surface area contributed by atoms with Crippen LogP contribution in [0.15, 0.2) is 23.1 Å². The van der Waals surface area contributed by atoms with Gasteiger partial charge in [0.25, 0.3) is 5.69 Å². The first-order valence-electron chi connectivity index (χ1n) is 6.04. The minimum Gasteiger partial charge on any atom is -0.399 e. The second-order valence-electron chi connectivity index (χ2n) is 4.52. The van der Waals surface area contributed by atoms with Crippen LogP contribution in [0.4, 0.5) is 11.4 Å². The van der Waals surface area contributed by atoms with E-state index in [2.05, 4.69) is 4.72 Å². The molecule has 20 heavy (non-hydrogen) atoms. The Bertz CT molecular complexity index is 610. The van der Waals surface area contributed by atoms with Crippen molar-refractivity contribution in [1.29, 1.82) is 0 Å². The number of nitrogens with zero attached hydrogens (tertiary/aromatic N) is 1. The van der Waals surface area contributed by atoms with E-state index in [-0.39, 0.29) is 18.3 Å². The zero-order chi connectivity index (χ0) is 14.8. The van der Waals surface area contributed by atoms with Crippen LogP contribution in [-0.2, 0) is 14.8 Å². The minimum absolute atomic E-state index is 0.149. The number of nitro groups is 1. The molecule has 0 saturated carbocycles. The number of rotatable bonds is 4. The van der Waals surface area contributed by atoms with Gasteiger partial charge in [0, 0.05) is 24.4 Å². The Balaban J connectivity index is 2.32. The number of nitrogens with one attached hydrogen (secondary N) is 1. The highest BCUT2D eigenvalue weighted by atomic mass is 32.2. The number of anilines is 1. The second-order valence-corrected chi connectivity index (χ2v) is 6.20. The Kier molecular flexibility index (Phi) is 4.21. The number of hydrogen-bond acceptors (Lipinski definition) is 6. The molecule has 3 N–H and O–H groups in total. The molecule has 0 radical (unpaired) electrons. The largest absolute Gasteiger partial charge is 0.399 e. The van der Waals surface area contributed by atoms with E-state index in [1.165, 1.54) is 6.07 Å². The van der Waals surface area contributed by atoms with Crippen LogP contribution in [0.2, 0.25) is 0 Å². The smallest absolute Gasteiger partial charge is 0.289 e. The lowest BCUT2D eigenvalue weighted by atomic mass is 10.1. The van der Waals surface area contributed by atoms with Crippen molar-refractivity contribution in [3.05, 3.63) is 28.3 Å². The molecule has 8 nitrogen and oxygen atoms in total. The van der Waals surface area contributed by atoms with E-state index >= 15 is 0 Å². The van der Waals surface area contributed by atoms with Gasteiger partial charge in [-0.15, -0.1) is 0 Å². The fourth-order valence-corrected chi connectivity index (χ4v) is 3.47. The number of ether oxygens (including phenoxy) is 1. The number of nitrogen functional groups attached to an aromatic ring is 1. The fraction of sp³-hybridized carbons (Fsp3) is 0.455. The Labute approximate surface area is 116 Å². The first kappa shape index (κ1) is 14.7. The summed E-state index contributed by atoms with van der Waals surface area (Å²) in [4.78, 5) is 9.75. The average molecular weight is 301 g/mol. The lowest BCUT2D eigenvalue weighted by Gasteiger charge is -2.22. The van der Waals surface area contributed by atoms with E-state index in [0.29, 0.717) is 13.0 Å². The van der Waals surface area contributed by atoms with Crippen LogP contribution < -0.4 is 10.5 Å². The molecule has 110 valence electrons. The third-order valence-corrected chi connectivity index (χ3v) is 4.50. The summed E-state index contributed by atoms with van der Waals surface area (Å²) in [5.74, 6) is 0. The maximum Gasteiger partial charge on any atom is 0.289 e. The van der Waals surface area contributed by atoms with Crippen LogP contribution >= 0.6 is 0 Å². The first-order valence-corrected chi connectivity index (χ1v) is 7.52. The normalized spacial score (nSPS) is 19.7. The maximum absolute atomic E-state index is 12.3. The Morgan fingerprint density at radius 2 is 2.20 bits per heavy atom. The number of benzene rings is 1. The zero-order valence-corrected chi connectivity index (χ0v) is 11.4. The molecule has 1 aromatic carbocycles. The van der Waals surface area contributed by atoms with Crippen LogP contribution in [0.25, 0.3) is 0 Å². The predicted molar refractivity (Wildman–Crippen MR) is 71.7 cm³/mol. The monoisotopic (exact) mass is 301 g/mol. The number of nitrogens with two attached hydrogens (primary N) is 1. The summed E-state index contributed by atoms with van der Waals surface area (Å²) >= 11 is 0. The van der Waals surface area contributed by atoms with Gasteiger partial charge in [-0.2, -0.15) is 0 Å². The molecule has 0 spiro atoms. The fourth-order valence-electron chi connectivity index (χ4n) is 2.01. The third kappa shape index (κ3) is 3.24. The van der Waals surface area contributed by atoms with Gasteiger partial charge in [-0.05, 0) is 25.0 Å². The van der Waals surface area contributed by atoms with Crippen molar-refractivity contribution in [3.63, 3.8) is 0 Å². The Morgan fingerprint density at radius 1 is 1.45 bits per heavy atom. The number of sulfonamides is 1. The van der Waals surface area contributed by atoms with E-state index in [1.54, 1.807) is 0 Å². The van der Waals surface area contributed by atoms with Crippen molar-refractivity contribution in [1.82, 2.24) is 4.72 Å². The molecule has 1 aliphatic heterocycles. The summed E-state index contributed by atoms with van der Waals surface area (Å²) < 4.78 is 32.1. The first-order chi connectivity index (χ1) is 9.40. The lowest BCUT2D eigenvalue weighted by Crippen LogP contribution is -2.40. The summed E-state index contributed by atoms with van der Waals surface area (Å²) in [5, 5.41) is 10.9. The third-order valence-electron chi connectivity index (χ3n) is 2.95. The molecule has 0 amide bonds.